The number of carbonyl (C=O) groups is 3. The summed E-state index contributed by atoms with van der Waals surface area (Å²) in [5, 5.41) is 22.3. The number of benzene rings is 6. The smallest absolute Gasteiger partial charge is 0.193 e. The quantitative estimate of drug-likeness (QED) is 0.118. The Kier molecular flexibility index (Phi) is 12.6. The van der Waals surface area contributed by atoms with E-state index in [-0.39, 0.29) is 29.4 Å². The molecule has 0 spiro atoms. The normalized spacial score (nSPS) is 22.5. The summed E-state index contributed by atoms with van der Waals surface area (Å²) in [5.41, 5.74) is 11.3. The monoisotopic (exact) mass is 896 g/mol. The van der Waals surface area contributed by atoms with Gasteiger partial charge in [-0.1, -0.05) is 158 Å². The Labute approximate surface area is 399 Å². The number of rotatable bonds is 12. The fourth-order valence-corrected chi connectivity index (χ4v) is 10.9. The van der Waals surface area contributed by atoms with Crippen molar-refractivity contribution in [3.63, 3.8) is 0 Å². The van der Waals surface area contributed by atoms with Crippen molar-refractivity contribution < 1.29 is 24.6 Å². The summed E-state index contributed by atoms with van der Waals surface area (Å²) in [6.07, 6.45) is 11.9. The first-order chi connectivity index (χ1) is 33.1. The summed E-state index contributed by atoms with van der Waals surface area (Å²) in [5.74, 6) is -1.04. The van der Waals surface area contributed by atoms with Crippen LogP contribution in [-0.2, 0) is 0 Å². The van der Waals surface area contributed by atoms with Crippen molar-refractivity contribution in [2.75, 3.05) is 0 Å². The lowest BCUT2D eigenvalue weighted by atomic mass is 9.76. The number of aliphatic hydroxyl groups is 2. The van der Waals surface area contributed by atoms with E-state index in [4.69, 9.17) is 0 Å². The predicted octanol–water partition coefficient (Wildman–Crippen LogP) is 11.8. The van der Waals surface area contributed by atoms with Crippen LogP contribution >= 0.6 is 0 Å². The Morgan fingerprint density at radius 3 is 1.12 bits per heavy atom. The summed E-state index contributed by atoms with van der Waals surface area (Å²) < 4.78 is 0. The third-order valence-corrected chi connectivity index (χ3v) is 14.6. The van der Waals surface area contributed by atoms with Crippen molar-refractivity contribution in [2.45, 2.75) is 88.5 Å². The van der Waals surface area contributed by atoms with Gasteiger partial charge in [0.15, 0.2) is 17.3 Å². The maximum Gasteiger partial charge on any atom is 0.193 e. The Morgan fingerprint density at radius 1 is 0.412 bits per heavy atom. The summed E-state index contributed by atoms with van der Waals surface area (Å²) >= 11 is 0. The lowest BCUT2D eigenvalue weighted by Gasteiger charge is -2.36. The second-order valence-corrected chi connectivity index (χ2v) is 18.8. The zero-order valence-electron chi connectivity index (χ0n) is 38.5. The molecule has 0 bridgehead atoms. The van der Waals surface area contributed by atoms with Gasteiger partial charge >= 0.3 is 0 Å². The van der Waals surface area contributed by atoms with Crippen LogP contribution in [0, 0.1) is 13.8 Å². The van der Waals surface area contributed by atoms with Crippen LogP contribution in [0.5, 0.6) is 0 Å². The van der Waals surface area contributed by atoms with E-state index in [0.29, 0.717) is 46.2 Å². The first-order valence-electron chi connectivity index (χ1n) is 24.0. The summed E-state index contributed by atoms with van der Waals surface area (Å²) in [4.78, 5) is 47.6. The van der Waals surface area contributed by atoms with E-state index < -0.39 is 24.0 Å². The summed E-state index contributed by atoms with van der Waals surface area (Å²) in [7, 11) is 0. The van der Waals surface area contributed by atoms with Crippen LogP contribution in [-0.4, -0.2) is 61.7 Å². The van der Waals surface area contributed by atoms with Crippen molar-refractivity contribution in [3.05, 3.63) is 249 Å². The third-order valence-electron chi connectivity index (χ3n) is 14.6. The van der Waals surface area contributed by atoms with Gasteiger partial charge in [0.1, 0.15) is 0 Å². The average Bonchev–Trinajstić information content (AvgIpc) is 4.03. The van der Waals surface area contributed by atoms with Gasteiger partial charge in [0, 0.05) is 70.0 Å². The SMILES string of the molecule is Cc1ccccc1C1C(C(=O)c2ccccc2)=CN(C2CCCC2O)C=C1c1ccc(C(=O)c2ccc(C3=CN(C4CCCC4O)C=C(C(=O)c4ccccc4)C3c3ccccc3C)cc2)cc1. The van der Waals surface area contributed by atoms with Crippen LogP contribution < -0.4 is 0 Å². The number of hydrogen-bond acceptors (Lipinski definition) is 7. The highest BCUT2D eigenvalue weighted by Gasteiger charge is 2.39. The van der Waals surface area contributed by atoms with Crippen LogP contribution in [0.4, 0.5) is 0 Å². The highest BCUT2D eigenvalue weighted by Crippen LogP contribution is 2.47. The van der Waals surface area contributed by atoms with Crippen LogP contribution in [0.25, 0.3) is 11.1 Å². The predicted molar refractivity (Wildman–Crippen MR) is 269 cm³/mol. The van der Waals surface area contributed by atoms with Gasteiger partial charge in [0.25, 0.3) is 0 Å². The van der Waals surface area contributed by atoms with E-state index in [0.717, 1.165) is 70.2 Å². The van der Waals surface area contributed by atoms with Gasteiger partial charge in [-0.05, 0) is 96.9 Å². The number of hydrogen-bond donors (Lipinski definition) is 2. The first-order valence-corrected chi connectivity index (χ1v) is 24.0. The third kappa shape index (κ3) is 8.64. The molecule has 2 aliphatic carbocycles. The number of allylic oxidation sites excluding steroid dienone is 4. The van der Waals surface area contributed by atoms with Crippen molar-refractivity contribution in [2.24, 2.45) is 0 Å². The van der Waals surface area contributed by atoms with E-state index in [1.165, 1.54) is 0 Å². The van der Waals surface area contributed by atoms with Crippen molar-refractivity contribution >= 4 is 28.5 Å². The molecule has 0 aromatic heterocycles. The van der Waals surface area contributed by atoms with Crippen LogP contribution in [0.2, 0.25) is 0 Å². The molecule has 2 N–H and O–H groups in total. The molecule has 10 rings (SSSR count). The zero-order chi connectivity index (χ0) is 46.9. The Morgan fingerprint density at radius 2 is 0.765 bits per heavy atom. The van der Waals surface area contributed by atoms with Crippen molar-refractivity contribution in [1.82, 2.24) is 9.80 Å². The van der Waals surface area contributed by atoms with E-state index in [1.54, 1.807) is 0 Å². The molecule has 2 aliphatic heterocycles. The Hall–Kier alpha value is -7.19. The molecular formula is C61H56N2O5. The van der Waals surface area contributed by atoms with Gasteiger partial charge in [0.2, 0.25) is 0 Å². The van der Waals surface area contributed by atoms with Gasteiger partial charge in [-0.25, -0.2) is 0 Å². The molecule has 0 amide bonds. The molecule has 6 aromatic rings. The molecule has 0 saturated heterocycles. The van der Waals surface area contributed by atoms with Gasteiger partial charge in [-0.3, -0.25) is 14.4 Å². The van der Waals surface area contributed by atoms with Gasteiger partial charge in [-0.15, -0.1) is 0 Å². The molecule has 6 unspecified atom stereocenters. The second-order valence-electron chi connectivity index (χ2n) is 18.8. The highest BCUT2D eigenvalue weighted by atomic mass is 16.3. The number of aryl methyl sites for hydroxylation is 2. The summed E-state index contributed by atoms with van der Waals surface area (Å²) in [6.45, 7) is 4.14. The van der Waals surface area contributed by atoms with Gasteiger partial charge < -0.3 is 20.0 Å². The number of aliphatic hydroxyl groups excluding tert-OH is 2. The molecule has 6 aromatic carbocycles. The van der Waals surface area contributed by atoms with Gasteiger partial charge in [0.05, 0.1) is 24.3 Å². The molecule has 4 aliphatic rings. The molecular weight excluding hydrogens is 841 g/mol. The first kappa shape index (κ1) is 44.6. The molecule has 2 saturated carbocycles. The van der Waals surface area contributed by atoms with Crippen LogP contribution in [0.15, 0.2) is 194 Å². The largest absolute Gasteiger partial charge is 0.391 e. The maximum absolute atomic E-state index is 14.6. The van der Waals surface area contributed by atoms with E-state index >= 15 is 0 Å². The zero-order valence-corrected chi connectivity index (χ0v) is 38.5. The molecule has 340 valence electrons. The molecule has 7 nitrogen and oxygen atoms in total. The number of Topliss-reactive ketones (excluding diaryl/α,β-unsaturated/α-hetero) is 2. The van der Waals surface area contributed by atoms with Crippen LogP contribution in [0.3, 0.4) is 0 Å². The minimum absolute atomic E-state index is 0.0646. The standard InChI is InChI=1S/C61H56N2O5/c1-39-15-9-11-21-47(39)57-49(35-62(53-23-13-25-55(53)64)37-51(57)60(67)43-17-5-3-6-18-43)41-27-31-45(32-28-41)59(66)46-33-29-42(30-34-46)50-36-63(54-24-14-26-56(54)65)38-52(61(68)44-19-7-4-8-20-44)58(50)48-22-12-10-16-40(48)2/h3-12,15-22,27-38,53-58,64-65H,13-14,23-26H2,1-2H3. The second kappa shape index (κ2) is 19.2. The molecule has 2 fully saturated rings. The summed E-state index contributed by atoms with van der Waals surface area (Å²) in [6, 6.07) is 50.1. The lowest BCUT2D eigenvalue weighted by Crippen LogP contribution is -2.36. The molecule has 6 atom stereocenters. The average molecular weight is 897 g/mol. The lowest BCUT2D eigenvalue weighted by molar-refractivity contribution is 0.100. The van der Waals surface area contributed by atoms with E-state index in [9.17, 15) is 24.6 Å². The molecule has 7 heteroatoms. The Bertz CT molecular complexity index is 2780. The number of ketones is 3. The van der Waals surface area contributed by atoms with E-state index in [2.05, 4.69) is 60.3 Å². The van der Waals surface area contributed by atoms with E-state index in [1.807, 2.05) is 146 Å². The highest BCUT2D eigenvalue weighted by molar-refractivity contribution is 6.13. The number of carbonyl (C=O) groups excluding carboxylic acids is 3. The van der Waals surface area contributed by atoms with Gasteiger partial charge in [-0.2, -0.15) is 0 Å². The van der Waals surface area contributed by atoms with Crippen LogP contribution in [0.1, 0.15) is 120 Å². The molecule has 2 heterocycles. The van der Waals surface area contributed by atoms with Crippen molar-refractivity contribution in [1.29, 1.82) is 0 Å². The fraction of sp³-hybridized carbons (Fsp3) is 0.230. The minimum atomic E-state index is -0.518. The maximum atomic E-state index is 14.6. The Balaban J connectivity index is 0.993. The molecule has 68 heavy (non-hydrogen) atoms. The minimum Gasteiger partial charge on any atom is -0.391 e. The molecule has 0 radical (unpaired) electrons. The van der Waals surface area contributed by atoms with Crippen molar-refractivity contribution in [3.8, 4) is 0 Å². The fourth-order valence-electron chi connectivity index (χ4n) is 10.9. The number of nitrogens with zero attached hydrogens (tertiary/aromatic N) is 2. The topological polar surface area (TPSA) is 98.2 Å².